The first-order valence-electron chi connectivity index (χ1n) is 7.65. The van der Waals surface area contributed by atoms with Gasteiger partial charge in [-0.05, 0) is 39.8 Å². The summed E-state index contributed by atoms with van der Waals surface area (Å²) < 4.78 is 0. The molecule has 0 spiro atoms. The van der Waals surface area contributed by atoms with E-state index in [2.05, 4.69) is 80.4 Å². The zero-order chi connectivity index (χ0) is 15.6. The average molecular weight is 287 g/mol. The van der Waals surface area contributed by atoms with E-state index in [1.807, 2.05) is 18.5 Å². The Labute approximate surface area is 132 Å². The molecule has 0 fully saturated rings. The Kier molecular flexibility index (Phi) is 3.81. The van der Waals surface area contributed by atoms with Crippen molar-refractivity contribution in [2.45, 2.75) is 26.2 Å². The predicted octanol–water partition coefficient (Wildman–Crippen LogP) is 5.71. The highest BCUT2D eigenvalue weighted by atomic mass is 14.6. The average Bonchev–Trinajstić information content (AvgIpc) is 2.55. The summed E-state index contributed by atoms with van der Waals surface area (Å²) in [6.45, 7) is 6.76. The van der Waals surface area contributed by atoms with E-state index in [1.165, 1.54) is 22.3 Å². The van der Waals surface area contributed by atoms with E-state index in [0.29, 0.717) is 0 Å². The summed E-state index contributed by atoms with van der Waals surface area (Å²) in [6.07, 6.45) is 3.74. The van der Waals surface area contributed by atoms with E-state index in [4.69, 9.17) is 0 Å². The minimum absolute atomic E-state index is 0.113. The Morgan fingerprint density at radius 2 is 1.32 bits per heavy atom. The summed E-state index contributed by atoms with van der Waals surface area (Å²) in [5, 5.41) is 0. The Bertz CT molecular complexity index is 695. The number of pyridine rings is 1. The summed E-state index contributed by atoms with van der Waals surface area (Å²) in [6, 6.07) is 21.5. The van der Waals surface area contributed by atoms with Crippen molar-refractivity contribution in [2.24, 2.45) is 0 Å². The van der Waals surface area contributed by atoms with Gasteiger partial charge in [-0.2, -0.15) is 0 Å². The highest BCUT2D eigenvalue weighted by molar-refractivity contribution is 5.74. The zero-order valence-electron chi connectivity index (χ0n) is 13.4. The smallest absolute Gasteiger partial charge is 0.0346 e. The van der Waals surface area contributed by atoms with Gasteiger partial charge in [0.2, 0.25) is 0 Å². The number of rotatable bonds is 2. The molecule has 0 radical (unpaired) electrons. The molecule has 0 amide bonds. The number of hydrogen-bond donors (Lipinski definition) is 0. The lowest BCUT2D eigenvalue weighted by Gasteiger charge is -2.21. The van der Waals surface area contributed by atoms with Crippen LogP contribution in [0, 0.1) is 0 Å². The van der Waals surface area contributed by atoms with Gasteiger partial charge >= 0.3 is 0 Å². The van der Waals surface area contributed by atoms with Crippen LogP contribution in [-0.2, 0) is 5.41 Å². The molecule has 0 aliphatic rings. The molecule has 110 valence electrons. The summed E-state index contributed by atoms with van der Waals surface area (Å²) in [5.74, 6) is 0. The van der Waals surface area contributed by atoms with E-state index in [9.17, 15) is 0 Å². The van der Waals surface area contributed by atoms with E-state index >= 15 is 0 Å². The third-order valence-corrected chi connectivity index (χ3v) is 3.90. The van der Waals surface area contributed by atoms with Gasteiger partial charge in [0.25, 0.3) is 0 Å². The van der Waals surface area contributed by atoms with E-state index < -0.39 is 0 Å². The van der Waals surface area contributed by atoms with Gasteiger partial charge in [0.05, 0.1) is 0 Å². The van der Waals surface area contributed by atoms with E-state index in [1.54, 1.807) is 0 Å². The molecule has 3 rings (SSSR count). The molecule has 0 saturated carbocycles. The maximum absolute atomic E-state index is 4.26. The molecule has 2 aromatic carbocycles. The molecule has 0 unspecified atom stereocenters. The topological polar surface area (TPSA) is 12.9 Å². The van der Waals surface area contributed by atoms with Crippen LogP contribution in [0.2, 0.25) is 0 Å². The van der Waals surface area contributed by atoms with Crippen LogP contribution >= 0.6 is 0 Å². The number of hydrogen-bond acceptors (Lipinski definition) is 1. The van der Waals surface area contributed by atoms with Gasteiger partial charge in [-0.25, -0.2) is 0 Å². The van der Waals surface area contributed by atoms with Gasteiger partial charge in [-0.3, -0.25) is 4.98 Å². The van der Waals surface area contributed by atoms with Crippen molar-refractivity contribution in [1.82, 2.24) is 4.98 Å². The fourth-order valence-corrected chi connectivity index (χ4v) is 2.56. The molecule has 0 aliphatic carbocycles. The minimum Gasteiger partial charge on any atom is -0.264 e. The molecule has 1 nitrogen and oxygen atoms in total. The molecule has 0 atom stereocenters. The summed E-state index contributed by atoms with van der Waals surface area (Å²) in [7, 11) is 0. The highest BCUT2D eigenvalue weighted by Crippen LogP contribution is 2.33. The molecule has 0 bridgehead atoms. The van der Waals surface area contributed by atoms with E-state index in [-0.39, 0.29) is 5.41 Å². The van der Waals surface area contributed by atoms with Crippen LogP contribution in [0.5, 0.6) is 0 Å². The van der Waals surface area contributed by atoms with Crippen LogP contribution in [0.3, 0.4) is 0 Å². The van der Waals surface area contributed by atoms with Crippen LogP contribution in [0.25, 0.3) is 22.3 Å². The maximum atomic E-state index is 4.26. The standard InChI is InChI=1S/C21H21N/c1-21(2,3)20-13-18(16-8-5-4-6-9-16)12-19(14-20)17-10-7-11-22-15-17/h4-15H,1-3H3. The molecular formula is C21H21N. The fraction of sp³-hybridized carbons (Fsp3) is 0.190. The number of aromatic nitrogens is 1. The second kappa shape index (κ2) is 5.76. The third kappa shape index (κ3) is 3.09. The van der Waals surface area contributed by atoms with Crippen molar-refractivity contribution < 1.29 is 0 Å². The molecule has 22 heavy (non-hydrogen) atoms. The van der Waals surface area contributed by atoms with Crippen LogP contribution in [0.4, 0.5) is 0 Å². The highest BCUT2D eigenvalue weighted by Gasteiger charge is 2.16. The normalized spacial score (nSPS) is 11.4. The second-order valence-electron chi connectivity index (χ2n) is 6.66. The first-order chi connectivity index (χ1) is 10.5. The molecule has 0 saturated heterocycles. The molecule has 1 heteroatoms. The maximum Gasteiger partial charge on any atom is 0.0346 e. The van der Waals surface area contributed by atoms with Crippen LogP contribution in [0.15, 0.2) is 73.1 Å². The lowest BCUT2D eigenvalue weighted by molar-refractivity contribution is 0.590. The number of benzene rings is 2. The molecule has 0 N–H and O–H groups in total. The Hall–Kier alpha value is -2.41. The first kappa shape index (κ1) is 14.5. The van der Waals surface area contributed by atoms with Gasteiger partial charge in [0.1, 0.15) is 0 Å². The van der Waals surface area contributed by atoms with Gasteiger partial charge in [0, 0.05) is 18.0 Å². The quantitative estimate of drug-likeness (QED) is 0.588. The molecule has 3 aromatic rings. The van der Waals surface area contributed by atoms with Crippen molar-refractivity contribution in [3.63, 3.8) is 0 Å². The predicted molar refractivity (Wildman–Crippen MR) is 93.8 cm³/mol. The summed E-state index contributed by atoms with van der Waals surface area (Å²) in [4.78, 5) is 4.26. The van der Waals surface area contributed by atoms with Gasteiger partial charge in [-0.15, -0.1) is 0 Å². The molecule has 1 aromatic heterocycles. The van der Waals surface area contributed by atoms with Gasteiger partial charge < -0.3 is 0 Å². The SMILES string of the molecule is CC(C)(C)c1cc(-c2ccccc2)cc(-c2cccnc2)c1. The molecule has 1 heterocycles. The number of nitrogens with zero attached hydrogens (tertiary/aromatic N) is 1. The lowest BCUT2D eigenvalue weighted by atomic mass is 9.83. The summed E-state index contributed by atoms with van der Waals surface area (Å²) >= 11 is 0. The van der Waals surface area contributed by atoms with E-state index in [0.717, 1.165) is 5.56 Å². The Balaban J connectivity index is 2.19. The van der Waals surface area contributed by atoms with Gasteiger partial charge in [0.15, 0.2) is 0 Å². The van der Waals surface area contributed by atoms with Crippen molar-refractivity contribution in [1.29, 1.82) is 0 Å². The van der Waals surface area contributed by atoms with Gasteiger partial charge in [-0.1, -0.05) is 69.3 Å². The van der Waals surface area contributed by atoms with Crippen LogP contribution in [-0.4, -0.2) is 4.98 Å². The largest absolute Gasteiger partial charge is 0.264 e. The second-order valence-corrected chi connectivity index (χ2v) is 6.66. The Morgan fingerprint density at radius 1 is 0.682 bits per heavy atom. The van der Waals surface area contributed by atoms with Crippen molar-refractivity contribution in [3.8, 4) is 22.3 Å². The zero-order valence-corrected chi connectivity index (χ0v) is 13.4. The lowest BCUT2D eigenvalue weighted by Crippen LogP contribution is -2.11. The van der Waals surface area contributed by atoms with Crippen molar-refractivity contribution in [3.05, 3.63) is 78.6 Å². The van der Waals surface area contributed by atoms with Crippen LogP contribution in [0.1, 0.15) is 26.3 Å². The summed E-state index contributed by atoms with van der Waals surface area (Å²) in [5.41, 5.74) is 6.34. The Morgan fingerprint density at radius 3 is 1.91 bits per heavy atom. The van der Waals surface area contributed by atoms with Crippen molar-refractivity contribution in [2.75, 3.05) is 0 Å². The van der Waals surface area contributed by atoms with Crippen LogP contribution < -0.4 is 0 Å². The minimum atomic E-state index is 0.113. The third-order valence-electron chi connectivity index (χ3n) is 3.90. The monoisotopic (exact) mass is 287 g/mol. The molecular weight excluding hydrogens is 266 g/mol. The van der Waals surface area contributed by atoms with Crippen molar-refractivity contribution >= 4 is 0 Å². The molecule has 0 aliphatic heterocycles. The fourth-order valence-electron chi connectivity index (χ4n) is 2.56. The first-order valence-corrected chi connectivity index (χ1v) is 7.65.